The molecule has 4 rings (SSSR count). The van der Waals surface area contributed by atoms with Crippen LogP contribution in [0.15, 0.2) is 57.8 Å². The number of nitrogens with zero attached hydrogens (tertiary/aromatic N) is 3. The summed E-state index contributed by atoms with van der Waals surface area (Å²) in [5.74, 6) is 0.152. The number of nitrogens with one attached hydrogen (secondary N) is 1. The SMILES string of the molecule is CN(CC(=O)NCc1ccc(N2CCCC2=O)cc1)C1=NS(=O)(=O)c2ccccc21. The highest BCUT2D eigenvalue weighted by atomic mass is 32.2. The molecule has 8 nitrogen and oxygen atoms in total. The molecule has 2 aromatic rings. The second kappa shape index (κ2) is 7.91. The maximum absolute atomic E-state index is 12.4. The highest BCUT2D eigenvalue weighted by Crippen LogP contribution is 2.27. The number of benzene rings is 2. The molecule has 2 aliphatic heterocycles. The van der Waals surface area contributed by atoms with Gasteiger partial charge in [-0.1, -0.05) is 24.3 Å². The zero-order valence-corrected chi connectivity index (χ0v) is 17.4. The Morgan fingerprint density at radius 2 is 1.90 bits per heavy atom. The Morgan fingerprint density at radius 3 is 2.60 bits per heavy atom. The van der Waals surface area contributed by atoms with E-state index in [1.165, 1.54) is 11.0 Å². The largest absolute Gasteiger partial charge is 0.350 e. The van der Waals surface area contributed by atoms with Gasteiger partial charge in [-0.05, 0) is 36.2 Å². The highest BCUT2D eigenvalue weighted by Gasteiger charge is 2.30. The van der Waals surface area contributed by atoms with E-state index in [1.54, 1.807) is 30.1 Å². The number of carbonyl (C=O) groups excluding carboxylic acids is 2. The quantitative estimate of drug-likeness (QED) is 0.781. The lowest BCUT2D eigenvalue weighted by Gasteiger charge is -2.19. The summed E-state index contributed by atoms with van der Waals surface area (Å²) < 4.78 is 28.2. The number of sulfonamides is 1. The molecular formula is C21H22N4O4S. The van der Waals surface area contributed by atoms with Crippen LogP contribution in [0.4, 0.5) is 5.69 Å². The van der Waals surface area contributed by atoms with Gasteiger partial charge in [0.15, 0.2) is 5.84 Å². The standard InChI is InChI=1S/C21H22N4O4S/c1-24(21-17-5-2-3-6-18(17)30(28,29)23-21)14-19(26)22-13-15-8-10-16(11-9-15)25-12-4-7-20(25)27/h2-3,5-6,8-11H,4,7,12-14H2,1H3,(H,22,26). The number of amidine groups is 1. The Labute approximate surface area is 175 Å². The molecule has 0 unspecified atom stereocenters. The minimum Gasteiger partial charge on any atom is -0.350 e. The Morgan fingerprint density at radius 1 is 1.17 bits per heavy atom. The number of anilines is 1. The predicted molar refractivity (Wildman–Crippen MR) is 113 cm³/mol. The van der Waals surface area contributed by atoms with E-state index in [-0.39, 0.29) is 29.1 Å². The monoisotopic (exact) mass is 426 g/mol. The molecule has 1 saturated heterocycles. The van der Waals surface area contributed by atoms with Crippen LogP contribution in [0.25, 0.3) is 0 Å². The van der Waals surface area contributed by atoms with Gasteiger partial charge in [0.1, 0.15) is 4.90 Å². The Hall–Kier alpha value is -3.20. The van der Waals surface area contributed by atoms with Gasteiger partial charge in [0.25, 0.3) is 10.0 Å². The second-order valence-corrected chi connectivity index (χ2v) is 8.91. The van der Waals surface area contributed by atoms with Crippen molar-refractivity contribution in [1.82, 2.24) is 10.2 Å². The first-order valence-corrected chi connectivity index (χ1v) is 11.1. The number of amides is 2. The molecule has 1 fully saturated rings. The summed E-state index contributed by atoms with van der Waals surface area (Å²) in [4.78, 5) is 27.6. The Kier molecular flexibility index (Phi) is 5.29. The van der Waals surface area contributed by atoms with Gasteiger partial charge < -0.3 is 15.1 Å². The molecule has 9 heteroatoms. The zero-order chi connectivity index (χ0) is 21.3. The van der Waals surface area contributed by atoms with Gasteiger partial charge in [-0.3, -0.25) is 9.59 Å². The van der Waals surface area contributed by atoms with Crippen molar-refractivity contribution < 1.29 is 18.0 Å². The average molecular weight is 426 g/mol. The van der Waals surface area contributed by atoms with Crippen molar-refractivity contribution in [2.24, 2.45) is 4.40 Å². The van der Waals surface area contributed by atoms with Gasteiger partial charge in [-0.15, -0.1) is 4.40 Å². The van der Waals surface area contributed by atoms with E-state index in [1.807, 2.05) is 24.3 Å². The van der Waals surface area contributed by atoms with Crippen molar-refractivity contribution >= 4 is 33.4 Å². The molecule has 0 radical (unpaired) electrons. The number of rotatable bonds is 5. The first-order valence-electron chi connectivity index (χ1n) is 9.67. The maximum atomic E-state index is 12.4. The lowest BCUT2D eigenvalue weighted by Crippen LogP contribution is -2.38. The minimum absolute atomic E-state index is 0.0248. The lowest BCUT2D eigenvalue weighted by atomic mass is 10.2. The van der Waals surface area contributed by atoms with Gasteiger partial charge in [0, 0.05) is 37.8 Å². The van der Waals surface area contributed by atoms with E-state index in [9.17, 15) is 18.0 Å². The molecule has 2 heterocycles. The van der Waals surface area contributed by atoms with Crippen LogP contribution in [0.3, 0.4) is 0 Å². The number of fused-ring (bicyclic) bond motifs is 1. The summed E-state index contributed by atoms with van der Waals surface area (Å²) in [5.41, 5.74) is 2.28. The van der Waals surface area contributed by atoms with Crippen LogP contribution in [-0.4, -0.2) is 51.1 Å². The molecule has 2 amide bonds. The van der Waals surface area contributed by atoms with E-state index in [0.717, 1.165) is 24.2 Å². The van der Waals surface area contributed by atoms with Crippen LogP contribution in [0, 0.1) is 0 Å². The van der Waals surface area contributed by atoms with Crippen LogP contribution in [-0.2, 0) is 26.2 Å². The Balaban J connectivity index is 1.35. The van der Waals surface area contributed by atoms with Crippen LogP contribution in [0.1, 0.15) is 24.0 Å². The lowest BCUT2D eigenvalue weighted by molar-refractivity contribution is -0.121. The van der Waals surface area contributed by atoms with E-state index < -0.39 is 10.0 Å². The summed E-state index contributed by atoms with van der Waals surface area (Å²) in [5, 5.41) is 2.83. The number of hydrogen-bond acceptors (Lipinski definition) is 5. The predicted octanol–water partition coefficient (Wildman–Crippen LogP) is 1.51. The van der Waals surface area contributed by atoms with E-state index >= 15 is 0 Å². The fraction of sp³-hybridized carbons (Fsp3) is 0.286. The molecule has 1 N–H and O–H groups in total. The molecule has 0 saturated carbocycles. The molecule has 156 valence electrons. The van der Waals surface area contributed by atoms with Gasteiger partial charge in [-0.25, -0.2) is 0 Å². The highest BCUT2D eigenvalue weighted by molar-refractivity contribution is 7.90. The van der Waals surface area contributed by atoms with Gasteiger partial charge in [0.2, 0.25) is 11.8 Å². The van der Waals surface area contributed by atoms with E-state index in [0.29, 0.717) is 18.5 Å². The minimum atomic E-state index is -3.72. The first kappa shape index (κ1) is 20.1. The molecule has 0 spiro atoms. The zero-order valence-electron chi connectivity index (χ0n) is 16.5. The molecule has 0 bridgehead atoms. The molecular weight excluding hydrogens is 404 g/mol. The number of hydrogen-bond donors (Lipinski definition) is 1. The van der Waals surface area contributed by atoms with Gasteiger partial charge in [0.05, 0.1) is 6.54 Å². The third kappa shape index (κ3) is 3.93. The summed E-state index contributed by atoms with van der Waals surface area (Å²) in [6, 6.07) is 14.1. The maximum Gasteiger partial charge on any atom is 0.285 e. The van der Waals surface area contributed by atoms with Crippen LogP contribution >= 0.6 is 0 Å². The first-order chi connectivity index (χ1) is 14.3. The normalized spacial score (nSPS) is 16.9. The van der Waals surface area contributed by atoms with Crippen molar-refractivity contribution in [3.63, 3.8) is 0 Å². The van der Waals surface area contributed by atoms with E-state index in [2.05, 4.69) is 9.71 Å². The third-order valence-electron chi connectivity index (χ3n) is 5.17. The molecule has 2 aliphatic rings. The molecule has 30 heavy (non-hydrogen) atoms. The van der Waals surface area contributed by atoms with Crippen molar-refractivity contribution in [2.45, 2.75) is 24.3 Å². The van der Waals surface area contributed by atoms with Crippen LogP contribution in [0.5, 0.6) is 0 Å². The number of likely N-dealkylation sites (N-methyl/N-ethyl adjacent to an activating group) is 1. The van der Waals surface area contributed by atoms with E-state index in [4.69, 9.17) is 0 Å². The number of carbonyl (C=O) groups is 2. The van der Waals surface area contributed by atoms with Crippen molar-refractivity contribution in [3.8, 4) is 0 Å². The summed E-state index contributed by atoms with van der Waals surface area (Å²) in [7, 11) is -2.08. The van der Waals surface area contributed by atoms with Crippen molar-refractivity contribution in [1.29, 1.82) is 0 Å². The fourth-order valence-electron chi connectivity index (χ4n) is 3.63. The molecule has 0 atom stereocenters. The van der Waals surface area contributed by atoms with Crippen LogP contribution in [0.2, 0.25) is 0 Å². The molecule has 0 aromatic heterocycles. The summed E-state index contributed by atoms with van der Waals surface area (Å²) >= 11 is 0. The molecule has 0 aliphatic carbocycles. The smallest absolute Gasteiger partial charge is 0.285 e. The van der Waals surface area contributed by atoms with Gasteiger partial charge in [-0.2, -0.15) is 8.42 Å². The van der Waals surface area contributed by atoms with Gasteiger partial charge >= 0.3 is 0 Å². The molecule has 2 aromatic carbocycles. The average Bonchev–Trinajstić information content (AvgIpc) is 3.28. The van der Waals surface area contributed by atoms with Crippen LogP contribution < -0.4 is 10.2 Å². The fourth-order valence-corrected chi connectivity index (χ4v) is 4.88. The second-order valence-electron chi connectivity index (χ2n) is 7.33. The topological polar surface area (TPSA) is 99.2 Å². The van der Waals surface area contributed by atoms with Crippen molar-refractivity contribution in [2.75, 3.05) is 25.0 Å². The summed E-state index contributed by atoms with van der Waals surface area (Å²) in [6.07, 6.45) is 1.46. The Bertz CT molecular complexity index is 1130. The third-order valence-corrected chi connectivity index (χ3v) is 6.49. The summed E-state index contributed by atoms with van der Waals surface area (Å²) in [6.45, 7) is 1.05. The van der Waals surface area contributed by atoms with Crippen molar-refractivity contribution in [3.05, 3.63) is 59.7 Å².